The molecule has 2 aromatic rings. The van der Waals surface area contributed by atoms with Crippen LogP contribution in [0.3, 0.4) is 0 Å². The molecule has 90 valence electrons. The number of hydrogen-bond donors (Lipinski definition) is 0. The fourth-order valence-corrected chi connectivity index (χ4v) is 2.06. The summed E-state index contributed by atoms with van der Waals surface area (Å²) in [5, 5.41) is 0. The zero-order valence-corrected chi connectivity index (χ0v) is 11.0. The summed E-state index contributed by atoms with van der Waals surface area (Å²) in [4.78, 5) is 23.3. The molecule has 17 heavy (non-hydrogen) atoms. The summed E-state index contributed by atoms with van der Waals surface area (Å²) in [6.07, 6.45) is 1.68. The minimum atomic E-state index is -0.440. The second kappa shape index (κ2) is 4.37. The Bertz CT molecular complexity index is 642. The van der Waals surface area contributed by atoms with E-state index in [-0.39, 0.29) is 12.2 Å². The van der Waals surface area contributed by atoms with E-state index in [0.717, 1.165) is 15.7 Å². The van der Waals surface area contributed by atoms with E-state index in [1.807, 2.05) is 12.1 Å². The van der Waals surface area contributed by atoms with E-state index in [0.29, 0.717) is 0 Å². The fraction of sp³-hybridized carbons (Fsp3) is 0.273. The number of hydrogen-bond acceptors (Lipinski definition) is 3. The molecule has 0 radical (unpaired) electrons. The molecule has 0 aliphatic heterocycles. The van der Waals surface area contributed by atoms with Crippen LogP contribution in [0.5, 0.6) is 0 Å². The number of methoxy groups -OCH3 is 1. The summed E-state index contributed by atoms with van der Waals surface area (Å²) in [5.74, 6) is -0.440. The van der Waals surface area contributed by atoms with Crippen molar-refractivity contribution < 1.29 is 9.53 Å². The number of pyridine rings is 1. The largest absolute Gasteiger partial charge is 0.468 e. The highest BCUT2D eigenvalue weighted by Gasteiger charge is 2.13. The first kappa shape index (κ1) is 11.9. The molecule has 0 aliphatic carbocycles. The van der Waals surface area contributed by atoms with Gasteiger partial charge in [-0.2, -0.15) is 0 Å². The zero-order valence-electron chi connectivity index (χ0n) is 9.44. The fourth-order valence-electron chi connectivity index (χ4n) is 1.72. The van der Waals surface area contributed by atoms with Crippen LogP contribution in [0.4, 0.5) is 0 Å². The van der Waals surface area contributed by atoms with E-state index < -0.39 is 5.97 Å². The number of nitrogens with zero attached hydrogens (tertiary/aromatic N) is 2. The smallest absolute Gasteiger partial charge is 0.333 e. The molecule has 0 aliphatic rings. The van der Waals surface area contributed by atoms with E-state index in [1.54, 1.807) is 13.1 Å². The molecule has 0 aromatic carbocycles. The summed E-state index contributed by atoms with van der Waals surface area (Å²) in [5.41, 5.74) is 1.28. The van der Waals surface area contributed by atoms with Crippen LogP contribution in [0.25, 0.3) is 5.52 Å². The number of halogens is 1. The van der Waals surface area contributed by atoms with Crippen molar-refractivity contribution in [2.45, 2.75) is 13.5 Å². The van der Waals surface area contributed by atoms with Gasteiger partial charge in [-0.3, -0.25) is 13.8 Å². The van der Waals surface area contributed by atoms with Crippen LogP contribution < -0.4 is 5.69 Å². The van der Waals surface area contributed by atoms with Gasteiger partial charge in [-0.15, -0.1) is 0 Å². The molecule has 2 heterocycles. The van der Waals surface area contributed by atoms with Gasteiger partial charge in [0, 0.05) is 16.4 Å². The van der Waals surface area contributed by atoms with Crippen molar-refractivity contribution in [1.82, 2.24) is 8.97 Å². The molecule has 2 rings (SSSR count). The minimum Gasteiger partial charge on any atom is -0.468 e. The average molecular weight is 299 g/mol. The maximum absolute atomic E-state index is 12.1. The van der Waals surface area contributed by atoms with Crippen LogP contribution in [0.2, 0.25) is 0 Å². The number of rotatable bonds is 2. The van der Waals surface area contributed by atoms with Gasteiger partial charge in [-0.1, -0.05) is 0 Å². The summed E-state index contributed by atoms with van der Waals surface area (Å²) in [6, 6.07) is 3.68. The first-order valence-corrected chi connectivity index (χ1v) is 5.77. The second-order valence-corrected chi connectivity index (χ2v) is 4.55. The van der Waals surface area contributed by atoms with Crippen LogP contribution in [0, 0.1) is 6.92 Å². The lowest BCUT2D eigenvalue weighted by Crippen LogP contribution is -2.25. The third-order valence-corrected chi connectivity index (χ3v) is 3.11. The summed E-state index contributed by atoms with van der Waals surface area (Å²) >= 11 is 3.30. The van der Waals surface area contributed by atoms with E-state index in [9.17, 15) is 9.59 Å². The van der Waals surface area contributed by atoms with Gasteiger partial charge in [0.2, 0.25) is 0 Å². The Morgan fingerprint density at radius 3 is 2.82 bits per heavy atom. The number of aromatic nitrogens is 2. The van der Waals surface area contributed by atoms with E-state index in [4.69, 9.17) is 0 Å². The molecule has 6 heteroatoms. The molecule has 0 saturated carbocycles. The average Bonchev–Trinajstić information content (AvgIpc) is 2.54. The van der Waals surface area contributed by atoms with Gasteiger partial charge in [-0.25, -0.2) is 4.79 Å². The number of aryl methyl sites for hydroxylation is 1. The van der Waals surface area contributed by atoms with Crippen molar-refractivity contribution in [2.75, 3.05) is 7.11 Å². The van der Waals surface area contributed by atoms with Gasteiger partial charge < -0.3 is 4.74 Å². The van der Waals surface area contributed by atoms with Gasteiger partial charge >= 0.3 is 11.7 Å². The Morgan fingerprint density at radius 1 is 1.47 bits per heavy atom. The Morgan fingerprint density at radius 2 is 2.18 bits per heavy atom. The molecular formula is C11H11BrN2O3. The van der Waals surface area contributed by atoms with Crippen LogP contribution in [-0.2, 0) is 16.1 Å². The van der Waals surface area contributed by atoms with Crippen molar-refractivity contribution in [3.8, 4) is 0 Å². The molecule has 0 atom stereocenters. The first-order chi connectivity index (χ1) is 8.04. The molecule has 0 spiro atoms. The first-order valence-electron chi connectivity index (χ1n) is 4.98. The van der Waals surface area contributed by atoms with Gasteiger partial charge in [0.15, 0.2) is 0 Å². The second-order valence-electron chi connectivity index (χ2n) is 3.63. The van der Waals surface area contributed by atoms with Gasteiger partial charge in [0.1, 0.15) is 6.54 Å². The lowest BCUT2D eigenvalue weighted by molar-refractivity contribution is -0.141. The summed E-state index contributed by atoms with van der Waals surface area (Å²) in [7, 11) is 1.30. The molecule has 0 saturated heterocycles. The van der Waals surface area contributed by atoms with Gasteiger partial charge in [0.05, 0.1) is 12.6 Å². The normalized spacial score (nSPS) is 10.8. The lowest BCUT2D eigenvalue weighted by Gasteiger charge is -2.01. The highest BCUT2D eigenvalue weighted by molar-refractivity contribution is 9.10. The summed E-state index contributed by atoms with van der Waals surface area (Å²) in [6.45, 7) is 1.73. The van der Waals surface area contributed by atoms with E-state index >= 15 is 0 Å². The molecule has 5 nitrogen and oxygen atoms in total. The van der Waals surface area contributed by atoms with Crippen LogP contribution >= 0.6 is 15.9 Å². The van der Waals surface area contributed by atoms with Gasteiger partial charge in [0.25, 0.3) is 0 Å². The zero-order chi connectivity index (χ0) is 12.6. The van der Waals surface area contributed by atoms with E-state index in [1.165, 1.54) is 16.1 Å². The standard InChI is InChI=1S/C11H11BrN2O3/c1-7-9-4-3-8(12)5-14(9)11(16)13(7)6-10(15)17-2/h3-5H,6H2,1-2H3. The van der Waals surface area contributed by atoms with Crippen molar-refractivity contribution in [3.05, 3.63) is 39.0 Å². The molecular weight excluding hydrogens is 288 g/mol. The highest BCUT2D eigenvalue weighted by atomic mass is 79.9. The molecule has 0 N–H and O–H groups in total. The Labute approximate surface area is 106 Å². The SMILES string of the molecule is COC(=O)Cn1c(C)c2ccc(Br)cn2c1=O. The van der Waals surface area contributed by atoms with Crippen molar-refractivity contribution >= 4 is 27.4 Å². The predicted molar refractivity (Wildman–Crippen MR) is 66.1 cm³/mol. The molecule has 0 unspecified atom stereocenters. The van der Waals surface area contributed by atoms with Crippen molar-refractivity contribution in [2.24, 2.45) is 0 Å². The molecule has 0 amide bonds. The van der Waals surface area contributed by atoms with Crippen LogP contribution in [-0.4, -0.2) is 22.0 Å². The third-order valence-electron chi connectivity index (χ3n) is 2.64. The highest BCUT2D eigenvalue weighted by Crippen LogP contribution is 2.14. The number of carbonyl (C=O) groups is 1. The number of imidazole rings is 1. The Hall–Kier alpha value is -1.56. The third kappa shape index (κ3) is 2.00. The van der Waals surface area contributed by atoms with Crippen molar-refractivity contribution in [1.29, 1.82) is 0 Å². The minimum absolute atomic E-state index is 0.0690. The summed E-state index contributed by atoms with van der Waals surface area (Å²) < 4.78 is 8.27. The Kier molecular flexibility index (Phi) is 3.06. The lowest BCUT2D eigenvalue weighted by atomic mass is 10.3. The monoisotopic (exact) mass is 298 g/mol. The predicted octanol–water partition coefficient (Wildman–Crippen LogP) is 1.34. The quantitative estimate of drug-likeness (QED) is 0.787. The topological polar surface area (TPSA) is 52.7 Å². The number of ether oxygens (including phenoxy) is 1. The molecule has 0 fully saturated rings. The van der Waals surface area contributed by atoms with Crippen LogP contribution in [0.1, 0.15) is 5.69 Å². The van der Waals surface area contributed by atoms with Gasteiger partial charge in [-0.05, 0) is 35.0 Å². The molecule has 2 aromatic heterocycles. The maximum Gasteiger partial charge on any atom is 0.333 e. The van der Waals surface area contributed by atoms with Crippen LogP contribution in [0.15, 0.2) is 27.6 Å². The number of fused-ring (bicyclic) bond motifs is 1. The van der Waals surface area contributed by atoms with Crippen molar-refractivity contribution in [3.63, 3.8) is 0 Å². The Balaban J connectivity index is 2.65. The number of esters is 1. The molecule has 0 bridgehead atoms. The number of carbonyl (C=O) groups excluding carboxylic acids is 1. The maximum atomic E-state index is 12.1. The van der Waals surface area contributed by atoms with E-state index in [2.05, 4.69) is 20.7 Å².